The summed E-state index contributed by atoms with van der Waals surface area (Å²) in [7, 11) is 0. The molecule has 102 valence electrons. The molecule has 2 rings (SSSR count). The molecule has 0 atom stereocenters. The van der Waals surface area contributed by atoms with E-state index in [1.54, 1.807) is 29.2 Å². The number of nitrogen functional groups attached to an aromatic ring is 1. The van der Waals surface area contributed by atoms with Crippen molar-refractivity contribution in [3.8, 4) is 5.75 Å². The average molecular weight is 263 g/mol. The molecule has 1 heterocycles. The molecule has 1 aliphatic heterocycles. The molecule has 1 saturated heterocycles. The molecule has 0 aliphatic carbocycles. The number of amides is 2. The van der Waals surface area contributed by atoms with Crippen molar-refractivity contribution in [1.82, 2.24) is 10.3 Å². The van der Waals surface area contributed by atoms with Crippen LogP contribution in [0.15, 0.2) is 24.3 Å². The molecule has 1 fully saturated rings. The molecule has 1 aromatic carbocycles. The van der Waals surface area contributed by atoms with Crippen molar-refractivity contribution in [2.45, 2.75) is 12.8 Å². The van der Waals surface area contributed by atoms with E-state index in [-0.39, 0.29) is 11.8 Å². The van der Waals surface area contributed by atoms with Crippen LogP contribution in [-0.4, -0.2) is 36.4 Å². The van der Waals surface area contributed by atoms with Gasteiger partial charge in [0.25, 0.3) is 5.91 Å². The van der Waals surface area contributed by atoms with Crippen molar-refractivity contribution in [2.75, 3.05) is 19.7 Å². The van der Waals surface area contributed by atoms with Crippen molar-refractivity contribution in [3.63, 3.8) is 0 Å². The molecular weight excluding hydrogens is 246 g/mol. The highest BCUT2D eigenvalue weighted by atomic mass is 16.5. The van der Waals surface area contributed by atoms with Gasteiger partial charge in [0.15, 0.2) is 0 Å². The number of ether oxygens (including phenoxy) is 1. The summed E-state index contributed by atoms with van der Waals surface area (Å²) in [5.74, 6) is 5.48. The number of carbonyl (C=O) groups excluding carboxylic acids is 2. The predicted molar refractivity (Wildman–Crippen MR) is 69.4 cm³/mol. The first kappa shape index (κ1) is 13.4. The van der Waals surface area contributed by atoms with Gasteiger partial charge in [-0.2, -0.15) is 0 Å². The van der Waals surface area contributed by atoms with E-state index in [9.17, 15) is 9.59 Å². The number of carbonyl (C=O) groups is 2. The third-order valence-corrected chi connectivity index (χ3v) is 3.03. The molecule has 1 aliphatic rings. The van der Waals surface area contributed by atoms with E-state index in [0.717, 1.165) is 13.0 Å². The van der Waals surface area contributed by atoms with E-state index in [0.29, 0.717) is 30.9 Å². The van der Waals surface area contributed by atoms with Crippen molar-refractivity contribution in [1.29, 1.82) is 0 Å². The lowest BCUT2D eigenvalue weighted by molar-refractivity contribution is -0.128. The molecule has 1 aromatic rings. The topological polar surface area (TPSA) is 84.7 Å². The number of rotatable bonds is 5. The number of likely N-dealkylation sites (tertiary alicyclic amines) is 1. The Hall–Kier alpha value is -2.08. The highest BCUT2D eigenvalue weighted by Gasteiger charge is 2.19. The Morgan fingerprint density at radius 3 is 3.00 bits per heavy atom. The van der Waals surface area contributed by atoms with Gasteiger partial charge in [-0.15, -0.1) is 0 Å². The van der Waals surface area contributed by atoms with Gasteiger partial charge in [-0.3, -0.25) is 15.0 Å². The third kappa shape index (κ3) is 3.45. The van der Waals surface area contributed by atoms with E-state index >= 15 is 0 Å². The first-order chi connectivity index (χ1) is 9.20. The normalized spacial score (nSPS) is 14.6. The number of hydrogen-bond acceptors (Lipinski definition) is 4. The highest BCUT2D eigenvalue weighted by Crippen LogP contribution is 2.14. The maximum Gasteiger partial charge on any atom is 0.265 e. The monoisotopic (exact) mass is 263 g/mol. The fraction of sp³-hybridized carbons (Fsp3) is 0.385. The van der Waals surface area contributed by atoms with Crippen LogP contribution < -0.4 is 16.0 Å². The van der Waals surface area contributed by atoms with Crippen LogP contribution in [0.3, 0.4) is 0 Å². The van der Waals surface area contributed by atoms with Crippen molar-refractivity contribution < 1.29 is 14.3 Å². The maximum absolute atomic E-state index is 11.4. The molecule has 6 heteroatoms. The average Bonchev–Trinajstić information content (AvgIpc) is 2.84. The Bertz CT molecular complexity index is 476. The summed E-state index contributed by atoms with van der Waals surface area (Å²) in [5, 5.41) is 0. The van der Waals surface area contributed by atoms with Crippen LogP contribution in [0.2, 0.25) is 0 Å². The predicted octanol–water partition coefficient (Wildman–Crippen LogP) is 0.291. The minimum absolute atomic E-state index is 0.180. The molecule has 0 unspecified atom stereocenters. The van der Waals surface area contributed by atoms with Crippen LogP contribution in [0, 0.1) is 0 Å². The molecule has 0 aromatic heterocycles. The smallest absolute Gasteiger partial charge is 0.265 e. The summed E-state index contributed by atoms with van der Waals surface area (Å²) in [5.41, 5.74) is 2.51. The van der Waals surface area contributed by atoms with Crippen LogP contribution in [0.4, 0.5) is 0 Å². The fourth-order valence-electron chi connectivity index (χ4n) is 2.02. The molecular formula is C13H17N3O3. The second-order valence-electron chi connectivity index (χ2n) is 4.33. The van der Waals surface area contributed by atoms with E-state index in [1.165, 1.54) is 0 Å². The van der Waals surface area contributed by atoms with E-state index in [4.69, 9.17) is 10.6 Å². The second-order valence-corrected chi connectivity index (χ2v) is 4.33. The van der Waals surface area contributed by atoms with Crippen molar-refractivity contribution in [3.05, 3.63) is 29.8 Å². The van der Waals surface area contributed by atoms with Gasteiger partial charge in [0.05, 0.1) is 6.54 Å². The van der Waals surface area contributed by atoms with Gasteiger partial charge >= 0.3 is 0 Å². The highest BCUT2D eigenvalue weighted by molar-refractivity contribution is 5.94. The lowest BCUT2D eigenvalue weighted by atomic mass is 10.2. The van der Waals surface area contributed by atoms with Crippen LogP contribution >= 0.6 is 0 Å². The zero-order valence-electron chi connectivity index (χ0n) is 10.6. The number of hydrogen-bond donors (Lipinski definition) is 2. The Morgan fingerprint density at radius 2 is 2.32 bits per heavy atom. The van der Waals surface area contributed by atoms with Crippen LogP contribution in [-0.2, 0) is 4.79 Å². The van der Waals surface area contributed by atoms with Crippen LogP contribution in [0.5, 0.6) is 5.75 Å². The number of benzene rings is 1. The summed E-state index contributed by atoms with van der Waals surface area (Å²) in [4.78, 5) is 24.5. The molecule has 0 spiro atoms. The quantitative estimate of drug-likeness (QED) is 0.454. The molecule has 0 saturated carbocycles. The molecule has 2 amide bonds. The van der Waals surface area contributed by atoms with E-state index in [1.807, 2.05) is 0 Å². The van der Waals surface area contributed by atoms with Gasteiger partial charge in [0.1, 0.15) is 12.4 Å². The van der Waals surface area contributed by atoms with Crippen molar-refractivity contribution >= 4 is 11.8 Å². The molecule has 6 nitrogen and oxygen atoms in total. The molecule has 19 heavy (non-hydrogen) atoms. The Labute approximate surface area is 111 Å². The van der Waals surface area contributed by atoms with E-state index in [2.05, 4.69) is 5.43 Å². The zero-order valence-corrected chi connectivity index (χ0v) is 10.6. The third-order valence-electron chi connectivity index (χ3n) is 3.03. The van der Waals surface area contributed by atoms with E-state index < -0.39 is 0 Å². The Kier molecular flexibility index (Phi) is 4.35. The van der Waals surface area contributed by atoms with Gasteiger partial charge in [-0.25, -0.2) is 5.84 Å². The van der Waals surface area contributed by atoms with Crippen molar-refractivity contribution in [2.24, 2.45) is 5.84 Å². The fourth-order valence-corrected chi connectivity index (χ4v) is 2.02. The van der Waals surface area contributed by atoms with Gasteiger partial charge in [0, 0.05) is 18.5 Å². The molecule has 3 N–H and O–H groups in total. The minimum atomic E-state index is -0.361. The number of nitrogens with zero attached hydrogens (tertiary/aromatic N) is 1. The largest absolute Gasteiger partial charge is 0.492 e. The first-order valence-electron chi connectivity index (χ1n) is 6.22. The van der Waals surface area contributed by atoms with Gasteiger partial charge < -0.3 is 9.64 Å². The Balaban J connectivity index is 1.85. The molecule has 0 bridgehead atoms. The summed E-state index contributed by atoms with van der Waals surface area (Å²) < 4.78 is 5.54. The van der Waals surface area contributed by atoms with Gasteiger partial charge in [-0.1, -0.05) is 6.07 Å². The number of hydrazine groups is 1. The lowest BCUT2D eigenvalue weighted by Gasteiger charge is -2.15. The SMILES string of the molecule is NNC(=O)c1cccc(OCCN2CCCC2=O)c1. The minimum Gasteiger partial charge on any atom is -0.492 e. The second kappa shape index (κ2) is 6.19. The summed E-state index contributed by atoms with van der Waals surface area (Å²) in [6.45, 7) is 1.80. The summed E-state index contributed by atoms with van der Waals surface area (Å²) in [6.07, 6.45) is 1.55. The number of nitrogens with one attached hydrogen (secondary N) is 1. The molecule has 0 radical (unpaired) electrons. The van der Waals surface area contributed by atoms with Crippen LogP contribution in [0.25, 0.3) is 0 Å². The summed E-state index contributed by atoms with van der Waals surface area (Å²) in [6, 6.07) is 6.76. The number of nitrogens with two attached hydrogens (primary N) is 1. The zero-order chi connectivity index (χ0) is 13.7. The first-order valence-corrected chi connectivity index (χ1v) is 6.22. The van der Waals surface area contributed by atoms with Gasteiger partial charge in [-0.05, 0) is 24.6 Å². The lowest BCUT2D eigenvalue weighted by Crippen LogP contribution is -2.30. The van der Waals surface area contributed by atoms with Gasteiger partial charge in [0.2, 0.25) is 5.91 Å². The summed E-state index contributed by atoms with van der Waals surface area (Å²) >= 11 is 0. The standard InChI is InChI=1S/C13H17N3O3/c14-15-13(18)10-3-1-4-11(9-10)19-8-7-16-6-2-5-12(16)17/h1,3-4,9H,2,5-8,14H2,(H,15,18). The maximum atomic E-state index is 11.4. The van der Waals surface area contributed by atoms with Crippen LogP contribution in [0.1, 0.15) is 23.2 Å². The Morgan fingerprint density at radius 1 is 1.47 bits per heavy atom.